The van der Waals surface area contributed by atoms with Crippen molar-refractivity contribution >= 4 is 139 Å². The number of nitrogens with zero attached hydrogens (tertiary/aromatic N) is 11. The van der Waals surface area contributed by atoms with E-state index in [1.54, 1.807) is 24.3 Å². The number of thiazole rings is 1. The van der Waals surface area contributed by atoms with Crippen molar-refractivity contribution in [2.24, 2.45) is 30.7 Å². The van der Waals surface area contributed by atoms with Crippen molar-refractivity contribution < 1.29 is 84.5 Å². The van der Waals surface area contributed by atoms with E-state index in [1.807, 2.05) is 6.07 Å². The van der Waals surface area contributed by atoms with Crippen LogP contribution < -0.4 is 14.4 Å². The Kier molecular flexibility index (Phi) is 16.0. The van der Waals surface area contributed by atoms with E-state index in [2.05, 4.69) is 40.7 Å². The number of methoxy groups -OCH3 is 2. The Bertz CT molecular complexity index is 4580. The highest BCUT2D eigenvalue weighted by Crippen LogP contribution is 2.48. The SMILES string of the molecule is COc1cc(N=Nc2c(S(=O)(=O)O)cc3c(S(=O)(=O)O)c(N=Nc4c(C)c(C#N)c5nc6ccccc6n5c4O)ccc3c2O)c(N(CCCS(=O)(=O)O)CCCS(=O)(=O)O)cc1N=Nc1nc2cc(S(=O)(=O)O)c(OC)cc2s1. The molecule has 3 heterocycles. The van der Waals surface area contributed by atoms with Crippen LogP contribution in [0, 0.1) is 18.3 Å². The molecule has 0 radical (unpaired) electrons. The Morgan fingerprint density at radius 3 is 1.86 bits per heavy atom. The molecule has 80 heavy (non-hydrogen) atoms. The van der Waals surface area contributed by atoms with Gasteiger partial charge in [0.25, 0.3) is 50.6 Å². The second-order valence-electron chi connectivity index (χ2n) is 16.9. The Morgan fingerprint density at radius 1 is 0.650 bits per heavy atom. The minimum atomic E-state index is -5.58. The fourth-order valence-corrected chi connectivity index (χ4v) is 12.1. The topological polar surface area (TPSA) is 462 Å². The van der Waals surface area contributed by atoms with Crippen LogP contribution in [0.5, 0.6) is 23.1 Å². The van der Waals surface area contributed by atoms with Gasteiger partial charge in [-0.25, -0.2) is 9.97 Å². The second-order valence-corrected chi connectivity index (χ2v) is 25.2. The van der Waals surface area contributed by atoms with Crippen molar-refractivity contribution in [3.8, 4) is 29.2 Å². The van der Waals surface area contributed by atoms with E-state index in [4.69, 9.17) is 9.47 Å². The summed E-state index contributed by atoms with van der Waals surface area (Å²) < 4.78 is 186. The van der Waals surface area contributed by atoms with Crippen LogP contribution in [0.2, 0.25) is 0 Å². The van der Waals surface area contributed by atoms with Crippen molar-refractivity contribution in [1.82, 2.24) is 14.4 Å². The number of anilines is 1. The molecule has 0 atom stereocenters. The minimum Gasteiger partial charge on any atom is -0.505 e. The van der Waals surface area contributed by atoms with Gasteiger partial charge >= 0.3 is 0 Å². The number of phenols is 1. The van der Waals surface area contributed by atoms with Gasteiger partial charge in [-0.3, -0.25) is 27.2 Å². The molecule has 0 bridgehead atoms. The van der Waals surface area contributed by atoms with Gasteiger partial charge in [0.2, 0.25) is 11.0 Å². The molecule has 7 N–H and O–H groups in total. The van der Waals surface area contributed by atoms with E-state index in [9.17, 15) is 80.3 Å². The Hall–Kier alpha value is -7.96. The zero-order valence-electron chi connectivity index (χ0n) is 41.0. The number of phenolic OH excluding ortho intramolecular Hbond substituents is 1. The maximum Gasteiger partial charge on any atom is 0.298 e. The smallest absolute Gasteiger partial charge is 0.298 e. The molecule has 8 rings (SSSR count). The lowest BCUT2D eigenvalue weighted by Crippen LogP contribution is -2.28. The first-order valence-electron chi connectivity index (χ1n) is 22.3. The van der Waals surface area contributed by atoms with Crippen molar-refractivity contribution in [3.63, 3.8) is 0 Å². The molecule has 0 amide bonds. The summed E-state index contributed by atoms with van der Waals surface area (Å²) in [5.41, 5.74) is -1.97. The molecule has 0 aliphatic heterocycles. The fraction of sp³-hybridized carbons (Fsp3) is 0.205. The molecule has 5 aromatic carbocycles. The summed E-state index contributed by atoms with van der Waals surface area (Å²) in [6.45, 7) is 0.720. The number of ether oxygens (including phenoxy) is 2. The van der Waals surface area contributed by atoms with Gasteiger partial charge in [0.15, 0.2) is 17.1 Å². The van der Waals surface area contributed by atoms with E-state index < -0.39 is 111 Å². The third kappa shape index (κ3) is 12.3. The van der Waals surface area contributed by atoms with E-state index >= 15 is 0 Å². The zero-order valence-corrected chi connectivity index (χ0v) is 45.9. The van der Waals surface area contributed by atoms with Gasteiger partial charge in [-0.2, -0.15) is 47.4 Å². The standard InChI is InChI=1S/C44H39N11O19S6/c1-22-25(21-45)42-46-26-8-4-5-9-31(26)55(42)43(57)38(22)51-48-27-11-10-23-24(41(27)80(70,71)72)16-37(79(67,68)69)39(40(23)56)52-49-28-18-33(73-2)29(17-32(28)54(12-6-14-76(58,59)60)13-7-15-77(61,62)63)50-53-44-47-30-19-36(78(64,65)66)34(74-3)20-35(30)75-44/h4-5,8-11,16-20,56-57H,6-7,12-15H2,1-3H3,(H,58,59,60)(H,61,62,63)(H,64,65,66)(H,67,68,69)(H,70,71,72). The van der Waals surface area contributed by atoms with Crippen LogP contribution in [0.3, 0.4) is 0 Å². The fourth-order valence-electron chi connectivity index (χ4n) is 8.23. The molecular formula is C44H39N11O19S6. The molecule has 0 fully saturated rings. The van der Waals surface area contributed by atoms with Gasteiger partial charge in [-0.05, 0) is 62.2 Å². The second kappa shape index (κ2) is 21.9. The lowest BCUT2D eigenvalue weighted by molar-refractivity contribution is 0.398. The van der Waals surface area contributed by atoms with Crippen molar-refractivity contribution in [3.05, 3.63) is 77.9 Å². The number of azo groups is 3. The molecule has 0 aliphatic carbocycles. The van der Waals surface area contributed by atoms with Gasteiger partial charge in [-0.15, -0.1) is 30.7 Å². The van der Waals surface area contributed by atoms with Gasteiger partial charge in [-0.1, -0.05) is 23.5 Å². The van der Waals surface area contributed by atoms with Gasteiger partial charge in [0, 0.05) is 41.6 Å². The first-order valence-corrected chi connectivity index (χ1v) is 30.7. The van der Waals surface area contributed by atoms with Gasteiger partial charge in [0.05, 0.1) is 52.7 Å². The van der Waals surface area contributed by atoms with Crippen molar-refractivity contribution in [2.45, 2.75) is 34.5 Å². The molecule has 0 saturated heterocycles. The summed E-state index contributed by atoms with van der Waals surface area (Å²) in [5, 5.41) is 56.2. The largest absolute Gasteiger partial charge is 0.505 e. The van der Waals surface area contributed by atoms with E-state index in [0.717, 1.165) is 42.7 Å². The maximum absolute atomic E-state index is 13.2. The lowest BCUT2D eigenvalue weighted by Gasteiger charge is -2.26. The first kappa shape index (κ1) is 58.2. The number of fused-ring (bicyclic) bond motifs is 5. The number of hydrogen-bond donors (Lipinski definition) is 7. The number of hydrogen-bond acceptors (Lipinski definition) is 25. The van der Waals surface area contributed by atoms with E-state index in [1.165, 1.54) is 35.5 Å². The number of rotatable bonds is 20. The Labute approximate surface area is 456 Å². The molecule has 36 heteroatoms. The highest BCUT2D eigenvalue weighted by atomic mass is 32.2. The highest BCUT2D eigenvalue weighted by molar-refractivity contribution is 7.87. The molecule has 420 valence electrons. The molecule has 3 aromatic heterocycles. The zero-order chi connectivity index (χ0) is 58.4. The average Bonchev–Trinajstić information content (AvgIpc) is 4.08. The summed E-state index contributed by atoms with van der Waals surface area (Å²) in [7, 11) is -22.7. The predicted molar refractivity (Wildman–Crippen MR) is 285 cm³/mol. The number of aromatic hydroxyl groups is 2. The average molecular weight is 1220 g/mol. The summed E-state index contributed by atoms with van der Waals surface area (Å²) in [6, 6.07) is 15.5. The van der Waals surface area contributed by atoms with Crippen molar-refractivity contribution in [2.75, 3.05) is 43.7 Å². The summed E-state index contributed by atoms with van der Waals surface area (Å²) in [4.78, 5) is 6.86. The van der Waals surface area contributed by atoms with Crippen LogP contribution in [-0.4, -0.2) is 128 Å². The Balaban J connectivity index is 1.28. The number of para-hydroxylation sites is 2. The van der Waals surface area contributed by atoms with E-state index in [-0.39, 0.29) is 87.6 Å². The van der Waals surface area contributed by atoms with Crippen LogP contribution in [0.15, 0.2) is 112 Å². The van der Waals surface area contributed by atoms with Gasteiger partial charge < -0.3 is 24.6 Å². The third-order valence-electron chi connectivity index (χ3n) is 11.7. The van der Waals surface area contributed by atoms with Crippen LogP contribution in [0.4, 0.5) is 39.3 Å². The van der Waals surface area contributed by atoms with Crippen LogP contribution in [0.1, 0.15) is 24.0 Å². The highest BCUT2D eigenvalue weighted by Gasteiger charge is 2.30. The quantitative estimate of drug-likeness (QED) is 0.0279. The maximum atomic E-state index is 13.2. The van der Waals surface area contributed by atoms with Crippen molar-refractivity contribution in [1.29, 1.82) is 5.26 Å². The Morgan fingerprint density at radius 2 is 1.26 bits per heavy atom. The molecule has 0 aliphatic rings. The third-order valence-corrected chi connectivity index (χ3v) is 16.9. The minimum absolute atomic E-state index is 0.0403. The number of pyridine rings is 1. The summed E-state index contributed by atoms with van der Waals surface area (Å²) in [6.07, 6.45) is -0.695. The number of nitriles is 1. The van der Waals surface area contributed by atoms with Crippen LogP contribution in [-0.2, 0) is 50.6 Å². The molecule has 8 aromatic rings. The molecular weight excluding hydrogens is 1180 g/mol. The monoisotopic (exact) mass is 1220 g/mol. The normalized spacial score (nSPS) is 13.0. The molecule has 30 nitrogen and oxygen atoms in total. The first-order chi connectivity index (χ1) is 37.4. The predicted octanol–water partition coefficient (Wildman–Crippen LogP) is 8.21. The lowest BCUT2D eigenvalue weighted by atomic mass is 10.1. The van der Waals surface area contributed by atoms with Crippen LogP contribution in [0.25, 0.3) is 37.7 Å². The number of aromatic nitrogens is 3. The van der Waals surface area contributed by atoms with Crippen LogP contribution >= 0.6 is 11.3 Å². The number of imidazole rings is 1. The summed E-state index contributed by atoms with van der Waals surface area (Å²) >= 11 is 0.892. The van der Waals surface area contributed by atoms with Gasteiger partial charge in [0.1, 0.15) is 60.6 Å². The van der Waals surface area contributed by atoms with E-state index in [0.29, 0.717) is 21.8 Å². The summed E-state index contributed by atoms with van der Waals surface area (Å²) in [5.74, 6) is -3.83. The molecule has 0 unspecified atom stereocenters. The molecule has 0 spiro atoms. The molecule has 0 saturated carbocycles. The number of benzene rings is 5.